The van der Waals surface area contributed by atoms with Crippen molar-refractivity contribution in [3.63, 3.8) is 0 Å². The minimum absolute atomic E-state index is 0.0441. The number of carbonyl (C=O) groups is 1. The fourth-order valence-electron chi connectivity index (χ4n) is 2.20. The number of aryl methyl sites for hydroxylation is 1. The Bertz CT molecular complexity index is 1030. The van der Waals surface area contributed by atoms with E-state index in [1.165, 1.54) is 35.6 Å². The lowest BCUT2D eigenvalue weighted by Crippen LogP contribution is -2.34. The Balaban J connectivity index is 1.65. The minimum Gasteiger partial charge on any atom is -0.273 e. The maximum atomic E-state index is 12.2. The van der Waals surface area contributed by atoms with Gasteiger partial charge in [0, 0.05) is 5.02 Å². The molecule has 1 aromatic heterocycles. The molecule has 0 unspecified atom stereocenters. The van der Waals surface area contributed by atoms with Crippen molar-refractivity contribution in [2.45, 2.75) is 11.8 Å². The summed E-state index contributed by atoms with van der Waals surface area (Å²) in [7, 11) is -3.74. The summed E-state index contributed by atoms with van der Waals surface area (Å²) < 4.78 is 25.4. The molecule has 3 aromatic rings. The first-order chi connectivity index (χ1) is 11.8. The molecule has 1 heterocycles. The first-order valence-corrected chi connectivity index (χ1v) is 10.1. The molecule has 1 amide bonds. The van der Waals surface area contributed by atoms with Crippen LogP contribution in [0.5, 0.6) is 0 Å². The van der Waals surface area contributed by atoms with E-state index < -0.39 is 21.5 Å². The third kappa shape index (κ3) is 4.09. The number of amides is 1. The lowest BCUT2D eigenvalue weighted by Gasteiger charge is -2.07. The van der Waals surface area contributed by atoms with E-state index in [0.29, 0.717) is 10.2 Å². The van der Waals surface area contributed by atoms with Crippen molar-refractivity contribution in [2.24, 2.45) is 0 Å². The van der Waals surface area contributed by atoms with Crippen molar-refractivity contribution in [1.29, 1.82) is 0 Å². The predicted molar refractivity (Wildman–Crippen MR) is 99.6 cm³/mol. The number of hydrogen-bond donors (Lipinski definition) is 2. The number of halogens is 1. The molecule has 2 N–H and O–H groups in total. The van der Waals surface area contributed by atoms with Gasteiger partial charge in [-0.05, 0) is 42.8 Å². The van der Waals surface area contributed by atoms with Crippen LogP contribution in [0.1, 0.15) is 5.56 Å². The molecular formula is C16H14ClN3O3S2. The van der Waals surface area contributed by atoms with E-state index in [9.17, 15) is 13.2 Å². The summed E-state index contributed by atoms with van der Waals surface area (Å²) in [6, 6.07) is 11.5. The van der Waals surface area contributed by atoms with Gasteiger partial charge in [-0.3, -0.25) is 15.6 Å². The zero-order chi connectivity index (χ0) is 18.0. The summed E-state index contributed by atoms with van der Waals surface area (Å²) in [5, 5.41) is 0.915. The van der Waals surface area contributed by atoms with Gasteiger partial charge in [0.2, 0.25) is 5.13 Å². The van der Waals surface area contributed by atoms with Gasteiger partial charge in [-0.2, -0.15) is 0 Å². The number of sulfone groups is 1. The molecule has 0 bridgehead atoms. The van der Waals surface area contributed by atoms with E-state index in [2.05, 4.69) is 15.8 Å². The van der Waals surface area contributed by atoms with E-state index in [-0.39, 0.29) is 4.90 Å². The highest BCUT2D eigenvalue weighted by Gasteiger charge is 2.19. The van der Waals surface area contributed by atoms with Crippen LogP contribution in [0.2, 0.25) is 5.02 Å². The summed E-state index contributed by atoms with van der Waals surface area (Å²) in [6.45, 7) is 1.95. The molecule has 25 heavy (non-hydrogen) atoms. The van der Waals surface area contributed by atoms with Crippen LogP contribution in [-0.2, 0) is 14.6 Å². The number of rotatable bonds is 5. The molecule has 6 nitrogen and oxygen atoms in total. The number of para-hydroxylation sites is 1. The van der Waals surface area contributed by atoms with Gasteiger partial charge in [0.25, 0.3) is 5.91 Å². The summed E-state index contributed by atoms with van der Waals surface area (Å²) in [6.07, 6.45) is 0. The van der Waals surface area contributed by atoms with Gasteiger partial charge >= 0.3 is 0 Å². The topological polar surface area (TPSA) is 88.2 Å². The maximum Gasteiger partial charge on any atom is 0.253 e. The summed E-state index contributed by atoms with van der Waals surface area (Å²) in [5.74, 6) is -1.35. The molecule has 3 rings (SSSR count). The van der Waals surface area contributed by atoms with Gasteiger partial charge in [0.15, 0.2) is 9.84 Å². The number of nitrogens with zero attached hydrogens (tertiary/aromatic N) is 1. The van der Waals surface area contributed by atoms with Crippen LogP contribution < -0.4 is 10.9 Å². The van der Waals surface area contributed by atoms with Crippen molar-refractivity contribution in [2.75, 3.05) is 11.2 Å². The third-order valence-electron chi connectivity index (χ3n) is 3.42. The number of hydrogen-bond acceptors (Lipinski definition) is 6. The quantitative estimate of drug-likeness (QED) is 0.648. The van der Waals surface area contributed by atoms with E-state index in [1.54, 1.807) is 0 Å². The molecular weight excluding hydrogens is 382 g/mol. The van der Waals surface area contributed by atoms with Crippen molar-refractivity contribution in [3.8, 4) is 0 Å². The molecule has 0 aliphatic carbocycles. The summed E-state index contributed by atoms with van der Waals surface area (Å²) >= 11 is 7.11. The second kappa shape index (κ2) is 6.99. The van der Waals surface area contributed by atoms with Gasteiger partial charge < -0.3 is 0 Å². The van der Waals surface area contributed by atoms with Crippen molar-refractivity contribution in [3.05, 3.63) is 53.1 Å². The van der Waals surface area contributed by atoms with E-state index in [4.69, 9.17) is 11.6 Å². The van der Waals surface area contributed by atoms with E-state index >= 15 is 0 Å². The third-order valence-corrected chi connectivity index (χ3v) is 6.24. The highest BCUT2D eigenvalue weighted by molar-refractivity contribution is 7.92. The van der Waals surface area contributed by atoms with Crippen LogP contribution in [0.3, 0.4) is 0 Å². The van der Waals surface area contributed by atoms with Crippen molar-refractivity contribution in [1.82, 2.24) is 10.4 Å². The number of anilines is 1. The fraction of sp³-hybridized carbons (Fsp3) is 0.125. The normalized spacial score (nSPS) is 11.4. The Labute approximate surface area is 153 Å². The van der Waals surface area contributed by atoms with Gasteiger partial charge in [0.05, 0.1) is 15.1 Å². The second-order valence-corrected chi connectivity index (χ2v) is 8.78. The molecule has 9 heteroatoms. The lowest BCUT2D eigenvalue weighted by molar-refractivity contribution is -0.118. The number of fused-ring (bicyclic) bond motifs is 1. The van der Waals surface area contributed by atoms with Gasteiger partial charge in [-0.15, -0.1) is 0 Å². The molecule has 2 aromatic carbocycles. The first-order valence-electron chi connectivity index (χ1n) is 7.24. The van der Waals surface area contributed by atoms with Crippen molar-refractivity contribution < 1.29 is 13.2 Å². The molecule has 0 spiro atoms. The van der Waals surface area contributed by atoms with Gasteiger partial charge in [-0.25, -0.2) is 13.4 Å². The number of hydrazine groups is 1. The molecule has 130 valence electrons. The van der Waals surface area contributed by atoms with Crippen LogP contribution >= 0.6 is 22.9 Å². The van der Waals surface area contributed by atoms with E-state index in [0.717, 1.165) is 15.8 Å². The number of benzene rings is 2. The smallest absolute Gasteiger partial charge is 0.253 e. The summed E-state index contributed by atoms with van der Waals surface area (Å²) in [5.41, 5.74) is 6.91. The summed E-state index contributed by atoms with van der Waals surface area (Å²) in [4.78, 5) is 16.4. The molecule has 0 fully saturated rings. The molecule has 0 radical (unpaired) electrons. The zero-order valence-corrected chi connectivity index (χ0v) is 15.5. The van der Waals surface area contributed by atoms with Crippen LogP contribution in [0.15, 0.2) is 47.4 Å². The first kappa shape index (κ1) is 17.7. The second-order valence-electron chi connectivity index (χ2n) is 5.33. The standard InChI is InChI=1S/C16H14ClN3O3S2/c1-10-3-2-4-13-15(10)18-16(24-13)20-19-14(21)9-25(22,23)12-7-5-11(17)6-8-12/h2-8H,9H2,1H3,(H,18,20)(H,19,21). The molecule has 0 saturated carbocycles. The van der Waals surface area contributed by atoms with E-state index in [1.807, 2.05) is 25.1 Å². The van der Waals surface area contributed by atoms with Gasteiger partial charge in [-0.1, -0.05) is 35.1 Å². The Morgan fingerprint density at radius 3 is 2.60 bits per heavy atom. The highest BCUT2D eigenvalue weighted by atomic mass is 35.5. The Kier molecular flexibility index (Phi) is 4.94. The van der Waals surface area contributed by atoms with Crippen molar-refractivity contribution >= 4 is 54.0 Å². The van der Waals surface area contributed by atoms with Gasteiger partial charge in [0.1, 0.15) is 5.75 Å². The Hall–Kier alpha value is -2.16. The van der Waals surface area contributed by atoms with Crippen LogP contribution in [-0.4, -0.2) is 25.1 Å². The monoisotopic (exact) mass is 395 g/mol. The molecule has 0 atom stereocenters. The number of carbonyl (C=O) groups excluding carboxylic acids is 1. The maximum absolute atomic E-state index is 12.2. The Morgan fingerprint density at radius 2 is 1.92 bits per heavy atom. The highest BCUT2D eigenvalue weighted by Crippen LogP contribution is 2.27. The average Bonchev–Trinajstić information content (AvgIpc) is 2.97. The van der Waals surface area contributed by atoms with Crippen LogP contribution in [0.4, 0.5) is 5.13 Å². The number of nitrogens with one attached hydrogen (secondary N) is 2. The lowest BCUT2D eigenvalue weighted by atomic mass is 10.2. The molecule has 0 saturated heterocycles. The fourth-order valence-corrected chi connectivity index (χ4v) is 4.35. The Morgan fingerprint density at radius 1 is 1.20 bits per heavy atom. The van der Waals surface area contributed by atoms with Crippen LogP contribution in [0, 0.1) is 6.92 Å². The molecule has 0 aliphatic heterocycles. The zero-order valence-electron chi connectivity index (χ0n) is 13.1. The molecule has 0 aliphatic rings. The SMILES string of the molecule is Cc1cccc2sc(NNC(=O)CS(=O)(=O)c3ccc(Cl)cc3)nc12. The number of aromatic nitrogens is 1. The minimum atomic E-state index is -3.74. The average molecular weight is 396 g/mol. The van der Waals surface area contributed by atoms with Crippen LogP contribution in [0.25, 0.3) is 10.2 Å². The number of thiazole rings is 1. The predicted octanol–water partition coefficient (Wildman–Crippen LogP) is 3.18. The largest absolute Gasteiger partial charge is 0.273 e.